The lowest BCUT2D eigenvalue weighted by Gasteiger charge is -2.10. The lowest BCUT2D eigenvalue weighted by atomic mass is 10.1. The van der Waals surface area contributed by atoms with Crippen LogP contribution in [0.4, 0.5) is 11.4 Å². The van der Waals surface area contributed by atoms with E-state index in [1.807, 2.05) is 18.2 Å². The zero-order chi connectivity index (χ0) is 22.2. The number of nitrogens with one attached hydrogen (secondary N) is 2. The number of hydrogen-bond donors (Lipinski definition) is 3. The van der Waals surface area contributed by atoms with E-state index in [-0.39, 0.29) is 29.6 Å². The van der Waals surface area contributed by atoms with Crippen LogP contribution in [0.3, 0.4) is 0 Å². The van der Waals surface area contributed by atoms with Crippen LogP contribution in [0.5, 0.6) is 0 Å². The molecule has 6 nitrogen and oxygen atoms in total. The summed E-state index contributed by atoms with van der Waals surface area (Å²) in [6.45, 7) is 0. The topological polar surface area (TPSA) is 101 Å². The highest BCUT2D eigenvalue weighted by Crippen LogP contribution is 2.23. The number of benzene rings is 3. The van der Waals surface area contributed by atoms with E-state index in [9.17, 15) is 14.4 Å². The fourth-order valence-corrected chi connectivity index (χ4v) is 3.68. The Morgan fingerprint density at radius 3 is 2.35 bits per heavy atom. The average molecular weight is 454 g/mol. The minimum atomic E-state index is -0.606. The van der Waals surface area contributed by atoms with Gasteiger partial charge in [-0.25, -0.2) is 0 Å². The maximum absolute atomic E-state index is 12.3. The molecule has 3 rings (SSSR count). The van der Waals surface area contributed by atoms with Crippen molar-refractivity contribution in [2.24, 2.45) is 5.73 Å². The normalized spacial score (nSPS) is 10.4. The predicted octanol–water partition coefficient (Wildman–Crippen LogP) is 4.35. The summed E-state index contributed by atoms with van der Waals surface area (Å²) in [5, 5.41) is 6.18. The van der Waals surface area contributed by atoms with Crippen molar-refractivity contribution in [1.29, 1.82) is 0 Å². The highest BCUT2D eigenvalue weighted by molar-refractivity contribution is 8.00. The smallest absolute Gasteiger partial charge is 0.250 e. The molecule has 8 heteroatoms. The summed E-state index contributed by atoms with van der Waals surface area (Å²) in [7, 11) is 0. The molecule has 0 bridgehead atoms. The first-order valence-corrected chi connectivity index (χ1v) is 10.7. The number of amides is 3. The minimum absolute atomic E-state index is 0.134. The van der Waals surface area contributed by atoms with Gasteiger partial charge in [0.1, 0.15) is 0 Å². The number of para-hydroxylation sites is 1. The van der Waals surface area contributed by atoms with Gasteiger partial charge in [0, 0.05) is 15.6 Å². The summed E-state index contributed by atoms with van der Waals surface area (Å²) in [5.74, 6) is -0.887. The molecule has 0 aliphatic rings. The highest BCUT2D eigenvalue weighted by atomic mass is 35.5. The fourth-order valence-electron chi connectivity index (χ4n) is 2.80. The van der Waals surface area contributed by atoms with Gasteiger partial charge in [-0.05, 0) is 48.0 Å². The Kier molecular flexibility index (Phi) is 7.70. The molecule has 31 heavy (non-hydrogen) atoms. The molecule has 0 aliphatic heterocycles. The molecule has 3 aromatic rings. The second kappa shape index (κ2) is 10.7. The van der Waals surface area contributed by atoms with E-state index in [2.05, 4.69) is 10.6 Å². The molecule has 0 aliphatic carbocycles. The average Bonchev–Trinajstić information content (AvgIpc) is 2.74. The number of nitrogens with two attached hydrogens (primary N) is 1. The molecular formula is C23H20ClN3O3S. The maximum atomic E-state index is 12.3. The number of carbonyl (C=O) groups is 3. The Bertz CT molecular complexity index is 1100. The van der Waals surface area contributed by atoms with Crippen molar-refractivity contribution in [3.63, 3.8) is 0 Å². The third kappa shape index (κ3) is 6.87. The van der Waals surface area contributed by atoms with Crippen LogP contribution in [0.15, 0.2) is 77.7 Å². The van der Waals surface area contributed by atoms with Crippen LogP contribution in [-0.2, 0) is 16.0 Å². The first-order chi connectivity index (χ1) is 14.9. The first kappa shape index (κ1) is 22.4. The summed E-state index contributed by atoms with van der Waals surface area (Å²) in [4.78, 5) is 36.9. The van der Waals surface area contributed by atoms with Gasteiger partial charge in [0.2, 0.25) is 11.8 Å². The third-order valence-corrected chi connectivity index (χ3v) is 5.48. The van der Waals surface area contributed by atoms with Crippen LogP contribution in [-0.4, -0.2) is 23.5 Å². The number of anilines is 2. The molecule has 0 saturated carbocycles. The van der Waals surface area contributed by atoms with Crippen molar-refractivity contribution in [1.82, 2.24) is 0 Å². The van der Waals surface area contributed by atoms with Crippen LogP contribution in [0.1, 0.15) is 15.9 Å². The van der Waals surface area contributed by atoms with E-state index in [0.717, 1.165) is 10.5 Å². The number of halogens is 1. The number of carbonyl (C=O) groups excluding carboxylic acids is 3. The summed E-state index contributed by atoms with van der Waals surface area (Å²) < 4.78 is 0. The highest BCUT2D eigenvalue weighted by Gasteiger charge is 2.11. The largest absolute Gasteiger partial charge is 0.366 e. The second-order valence-corrected chi connectivity index (χ2v) is 8.11. The van der Waals surface area contributed by atoms with Crippen LogP contribution >= 0.6 is 23.4 Å². The Labute approximate surface area is 189 Å². The summed E-state index contributed by atoms with van der Waals surface area (Å²) in [6.07, 6.45) is 0.232. The summed E-state index contributed by atoms with van der Waals surface area (Å²) in [5.41, 5.74) is 7.47. The molecule has 3 aromatic carbocycles. The van der Waals surface area contributed by atoms with Gasteiger partial charge in [-0.2, -0.15) is 0 Å². The Morgan fingerprint density at radius 2 is 1.61 bits per heavy atom. The molecule has 0 unspecified atom stereocenters. The van der Waals surface area contributed by atoms with Gasteiger partial charge >= 0.3 is 0 Å². The van der Waals surface area contributed by atoms with Crippen molar-refractivity contribution in [2.45, 2.75) is 11.3 Å². The lowest BCUT2D eigenvalue weighted by Crippen LogP contribution is -2.19. The third-order valence-electron chi connectivity index (χ3n) is 4.23. The van der Waals surface area contributed by atoms with Crippen molar-refractivity contribution < 1.29 is 14.4 Å². The van der Waals surface area contributed by atoms with E-state index in [1.165, 1.54) is 11.8 Å². The van der Waals surface area contributed by atoms with E-state index in [0.29, 0.717) is 16.4 Å². The quantitative estimate of drug-likeness (QED) is 0.441. The minimum Gasteiger partial charge on any atom is -0.366 e. The number of thioether (sulfide) groups is 1. The maximum Gasteiger partial charge on any atom is 0.250 e. The Morgan fingerprint density at radius 1 is 0.871 bits per heavy atom. The van der Waals surface area contributed by atoms with Crippen LogP contribution in [0.25, 0.3) is 0 Å². The van der Waals surface area contributed by atoms with Crippen molar-refractivity contribution in [3.05, 3.63) is 88.9 Å². The van der Waals surface area contributed by atoms with E-state index in [4.69, 9.17) is 17.3 Å². The number of primary amides is 1. The van der Waals surface area contributed by atoms with E-state index < -0.39 is 5.91 Å². The number of hydrogen-bond acceptors (Lipinski definition) is 4. The van der Waals surface area contributed by atoms with Crippen molar-refractivity contribution in [3.8, 4) is 0 Å². The van der Waals surface area contributed by atoms with Gasteiger partial charge < -0.3 is 16.4 Å². The zero-order valence-corrected chi connectivity index (χ0v) is 18.0. The molecule has 0 spiro atoms. The fraction of sp³-hybridized carbons (Fsp3) is 0.0870. The van der Waals surface area contributed by atoms with Crippen LogP contribution < -0.4 is 16.4 Å². The first-order valence-electron chi connectivity index (χ1n) is 9.36. The van der Waals surface area contributed by atoms with Crippen LogP contribution in [0.2, 0.25) is 5.02 Å². The standard InChI is InChI=1S/C23H20ClN3O3S/c24-16-10-8-15(9-11-16)12-21(28)26-17-4-3-5-18(13-17)31-14-22(29)27-20-7-2-1-6-19(20)23(25)30/h1-11,13H,12,14H2,(H2,25,30)(H,26,28)(H,27,29). The van der Waals surface area contributed by atoms with Gasteiger partial charge in [0.05, 0.1) is 23.4 Å². The van der Waals surface area contributed by atoms with Gasteiger partial charge in [0.15, 0.2) is 0 Å². The summed E-state index contributed by atoms with van der Waals surface area (Å²) >= 11 is 7.18. The molecule has 0 radical (unpaired) electrons. The Hall–Kier alpha value is -3.29. The van der Waals surface area contributed by atoms with Crippen LogP contribution in [0, 0.1) is 0 Å². The molecule has 3 amide bonds. The number of rotatable bonds is 8. The zero-order valence-electron chi connectivity index (χ0n) is 16.4. The lowest BCUT2D eigenvalue weighted by molar-refractivity contribution is -0.115. The van der Waals surface area contributed by atoms with Gasteiger partial charge in [-0.15, -0.1) is 11.8 Å². The Balaban J connectivity index is 1.54. The second-order valence-electron chi connectivity index (χ2n) is 6.63. The molecule has 0 fully saturated rings. The predicted molar refractivity (Wildman–Crippen MR) is 125 cm³/mol. The van der Waals surface area contributed by atoms with E-state index in [1.54, 1.807) is 54.6 Å². The van der Waals surface area contributed by atoms with Crippen molar-refractivity contribution in [2.75, 3.05) is 16.4 Å². The molecule has 4 N–H and O–H groups in total. The monoisotopic (exact) mass is 453 g/mol. The SMILES string of the molecule is NC(=O)c1ccccc1NC(=O)CSc1cccc(NC(=O)Cc2ccc(Cl)cc2)c1. The molecule has 0 aromatic heterocycles. The van der Waals surface area contributed by atoms with Gasteiger partial charge in [0.25, 0.3) is 5.91 Å². The molecule has 0 saturated heterocycles. The molecule has 0 heterocycles. The van der Waals surface area contributed by atoms with Gasteiger partial charge in [-0.3, -0.25) is 14.4 Å². The van der Waals surface area contributed by atoms with Crippen molar-refractivity contribution >= 4 is 52.5 Å². The van der Waals surface area contributed by atoms with Gasteiger partial charge in [-0.1, -0.05) is 41.9 Å². The molecular weight excluding hydrogens is 434 g/mol. The summed E-state index contributed by atoms with van der Waals surface area (Å²) in [6, 6.07) is 20.9. The molecule has 158 valence electrons. The molecule has 0 atom stereocenters. The van der Waals surface area contributed by atoms with E-state index >= 15 is 0 Å².